The van der Waals surface area contributed by atoms with Crippen molar-refractivity contribution < 1.29 is 14.6 Å². The lowest BCUT2D eigenvalue weighted by Gasteiger charge is -2.25. The summed E-state index contributed by atoms with van der Waals surface area (Å²) in [6.07, 6.45) is 3.87. The summed E-state index contributed by atoms with van der Waals surface area (Å²) in [5.74, 6) is 3.67. The zero-order valence-corrected chi connectivity index (χ0v) is 14.3. The first-order valence-electron chi connectivity index (χ1n) is 8.58. The lowest BCUT2D eigenvalue weighted by molar-refractivity contribution is 0.141. The molecular formula is C18H25N3O3. The van der Waals surface area contributed by atoms with Crippen molar-refractivity contribution in [1.82, 2.24) is 14.8 Å². The highest BCUT2D eigenvalue weighted by Crippen LogP contribution is 2.35. The maximum atomic E-state index is 9.94. The molecule has 2 aromatic rings. The summed E-state index contributed by atoms with van der Waals surface area (Å²) < 4.78 is 12.8. The van der Waals surface area contributed by atoms with E-state index in [2.05, 4.69) is 10.1 Å². The number of methoxy groups -OCH3 is 1. The van der Waals surface area contributed by atoms with Crippen LogP contribution in [0, 0.1) is 0 Å². The van der Waals surface area contributed by atoms with Gasteiger partial charge in [0.2, 0.25) is 0 Å². The molecule has 1 saturated carbocycles. The summed E-state index contributed by atoms with van der Waals surface area (Å²) in [5, 5.41) is 14.5. The quantitative estimate of drug-likeness (QED) is 0.805. The van der Waals surface area contributed by atoms with Crippen molar-refractivity contribution in [2.75, 3.05) is 7.11 Å². The fourth-order valence-electron chi connectivity index (χ4n) is 2.72. The molecule has 6 heteroatoms. The van der Waals surface area contributed by atoms with Crippen molar-refractivity contribution in [2.24, 2.45) is 0 Å². The van der Waals surface area contributed by atoms with Crippen LogP contribution in [0.2, 0.25) is 0 Å². The van der Waals surface area contributed by atoms with Crippen LogP contribution in [0.15, 0.2) is 24.3 Å². The van der Waals surface area contributed by atoms with Crippen molar-refractivity contribution in [1.29, 1.82) is 0 Å². The van der Waals surface area contributed by atoms with E-state index in [0.717, 1.165) is 30.2 Å². The van der Waals surface area contributed by atoms with Gasteiger partial charge in [0.05, 0.1) is 19.8 Å². The van der Waals surface area contributed by atoms with Gasteiger partial charge in [-0.25, -0.2) is 9.67 Å². The molecule has 1 aliphatic carbocycles. The van der Waals surface area contributed by atoms with E-state index in [0.29, 0.717) is 31.3 Å². The van der Waals surface area contributed by atoms with E-state index in [-0.39, 0.29) is 6.10 Å². The van der Waals surface area contributed by atoms with Crippen LogP contribution in [-0.2, 0) is 13.2 Å². The summed E-state index contributed by atoms with van der Waals surface area (Å²) in [5.41, 5.74) is 0. The molecule has 1 fully saturated rings. The van der Waals surface area contributed by atoms with Gasteiger partial charge >= 0.3 is 0 Å². The molecule has 1 aromatic heterocycles. The van der Waals surface area contributed by atoms with Crippen LogP contribution in [0.1, 0.15) is 50.2 Å². The van der Waals surface area contributed by atoms with Crippen LogP contribution in [0.4, 0.5) is 0 Å². The van der Waals surface area contributed by atoms with Crippen molar-refractivity contribution >= 4 is 0 Å². The molecule has 24 heavy (non-hydrogen) atoms. The Balaban J connectivity index is 1.67. The van der Waals surface area contributed by atoms with E-state index in [1.807, 2.05) is 35.9 Å². The summed E-state index contributed by atoms with van der Waals surface area (Å²) >= 11 is 0. The van der Waals surface area contributed by atoms with E-state index in [1.54, 1.807) is 7.11 Å². The average molecular weight is 331 g/mol. The molecule has 0 aliphatic heterocycles. The van der Waals surface area contributed by atoms with Gasteiger partial charge in [0.25, 0.3) is 0 Å². The predicted molar refractivity (Wildman–Crippen MR) is 90.2 cm³/mol. The number of rotatable bonds is 8. The van der Waals surface area contributed by atoms with Gasteiger partial charge in [0, 0.05) is 5.92 Å². The Morgan fingerprint density at radius 2 is 1.96 bits per heavy atom. The number of hydrogen-bond acceptors (Lipinski definition) is 5. The second-order valence-electron chi connectivity index (χ2n) is 6.22. The number of nitrogens with zero attached hydrogens (tertiary/aromatic N) is 3. The Morgan fingerprint density at radius 1 is 1.25 bits per heavy atom. The third-order valence-electron chi connectivity index (χ3n) is 4.50. The highest BCUT2D eigenvalue weighted by molar-refractivity contribution is 5.31. The highest BCUT2D eigenvalue weighted by Gasteiger charge is 2.26. The minimum atomic E-state index is -0.388. The van der Waals surface area contributed by atoms with Crippen LogP contribution >= 0.6 is 0 Å². The van der Waals surface area contributed by atoms with Gasteiger partial charge in [0.1, 0.15) is 23.9 Å². The van der Waals surface area contributed by atoms with Gasteiger partial charge in [-0.15, -0.1) is 0 Å². The minimum Gasteiger partial charge on any atom is -0.497 e. The maximum absolute atomic E-state index is 9.94. The molecule has 0 radical (unpaired) electrons. The van der Waals surface area contributed by atoms with E-state index in [9.17, 15) is 5.11 Å². The van der Waals surface area contributed by atoms with Gasteiger partial charge in [0.15, 0.2) is 5.82 Å². The number of ether oxygens (including phenoxy) is 2. The molecule has 6 nitrogen and oxygen atoms in total. The number of hydrogen-bond donors (Lipinski definition) is 1. The number of aliphatic hydroxyl groups is 1. The van der Waals surface area contributed by atoms with Crippen molar-refractivity contribution in [3.8, 4) is 11.5 Å². The Morgan fingerprint density at radius 3 is 2.54 bits per heavy atom. The Bertz CT molecular complexity index is 650. The molecule has 1 N–H and O–H groups in total. The summed E-state index contributed by atoms with van der Waals surface area (Å²) in [6, 6.07) is 7.45. The third kappa shape index (κ3) is 3.87. The van der Waals surface area contributed by atoms with Crippen LogP contribution in [-0.4, -0.2) is 33.1 Å². The Hall–Kier alpha value is -2.08. The fourth-order valence-corrected chi connectivity index (χ4v) is 2.72. The van der Waals surface area contributed by atoms with Crippen LogP contribution in [0.3, 0.4) is 0 Å². The molecule has 0 spiro atoms. The van der Waals surface area contributed by atoms with Crippen molar-refractivity contribution in [3.05, 3.63) is 35.9 Å². The summed E-state index contributed by atoms with van der Waals surface area (Å²) in [7, 11) is 1.64. The molecule has 130 valence electrons. The molecule has 0 amide bonds. The predicted octanol–water partition coefficient (Wildman–Crippen LogP) is 2.90. The summed E-state index contributed by atoms with van der Waals surface area (Å²) in [6.45, 7) is 2.79. The molecule has 1 atom stereocenters. The molecule has 1 aliphatic rings. The standard InChI is InChI=1S/C18H25N3O3/c1-3-14(22)11-21-18(13-5-4-6-13)19-17(20-21)12-24-16-9-7-15(23-2)8-10-16/h7-10,13-14,22H,3-6,11-12H2,1-2H3/t14-/m0/s1. The number of benzene rings is 1. The lowest BCUT2D eigenvalue weighted by Crippen LogP contribution is -2.22. The molecule has 0 saturated heterocycles. The topological polar surface area (TPSA) is 69.4 Å². The zero-order valence-electron chi connectivity index (χ0n) is 14.3. The first-order valence-corrected chi connectivity index (χ1v) is 8.58. The van der Waals surface area contributed by atoms with Gasteiger partial charge < -0.3 is 14.6 Å². The van der Waals surface area contributed by atoms with E-state index in [4.69, 9.17) is 9.47 Å². The molecule has 3 rings (SSSR count). The zero-order chi connectivity index (χ0) is 16.9. The highest BCUT2D eigenvalue weighted by atomic mass is 16.5. The molecule has 1 aromatic carbocycles. The largest absolute Gasteiger partial charge is 0.497 e. The summed E-state index contributed by atoms with van der Waals surface area (Å²) in [4.78, 5) is 4.66. The van der Waals surface area contributed by atoms with Crippen LogP contribution in [0.25, 0.3) is 0 Å². The average Bonchev–Trinajstić information content (AvgIpc) is 2.94. The maximum Gasteiger partial charge on any atom is 0.188 e. The SMILES string of the molecule is CC[C@H](O)Cn1nc(COc2ccc(OC)cc2)nc1C1CCC1. The van der Waals surface area contributed by atoms with Crippen molar-refractivity contribution in [2.45, 2.75) is 57.8 Å². The van der Waals surface area contributed by atoms with Crippen LogP contribution < -0.4 is 9.47 Å². The second kappa shape index (κ2) is 7.66. The van der Waals surface area contributed by atoms with Gasteiger partial charge in [-0.1, -0.05) is 13.3 Å². The van der Waals surface area contributed by atoms with Crippen LogP contribution in [0.5, 0.6) is 11.5 Å². The smallest absolute Gasteiger partial charge is 0.188 e. The monoisotopic (exact) mass is 331 g/mol. The van der Waals surface area contributed by atoms with Gasteiger partial charge in [-0.05, 0) is 43.5 Å². The lowest BCUT2D eigenvalue weighted by atomic mass is 9.85. The van der Waals surface area contributed by atoms with Crippen molar-refractivity contribution in [3.63, 3.8) is 0 Å². The second-order valence-corrected chi connectivity index (χ2v) is 6.22. The number of aliphatic hydroxyl groups excluding tert-OH is 1. The first-order chi connectivity index (χ1) is 11.7. The molecular weight excluding hydrogens is 306 g/mol. The third-order valence-corrected chi connectivity index (χ3v) is 4.50. The Kier molecular flexibility index (Phi) is 5.35. The normalized spacial score (nSPS) is 15.8. The van der Waals surface area contributed by atoms with E-state index in [1.165, 1.54) is 6.42 Å². The Labute approximate surface area is 142 Å². The molecule has 1 heterocycles. The minimum absolute atomic E-state index is 0.321. The number of aromatic nitrogens is 3. The molecule has 0 unspecified atom stereocenters. The van der Waals surface area contributed by atoms with Gasteiger partial charge in [-0.3, -0.25) is 0 Å². The first kappa shape index (κ1) is 16.8. The van der Waals surface area contributed by atoms with E-state index < -0.39 is 0 Å². The van der Waals surface area contributed by atoms with Gasteiger partial charge in [-0.2, -0.15) is 5.10 Å². The van der Waals surface area contributed by atoms with E-state index >= 15 is 0 Å². The molecule has 0 bridgehead atoms. The fraction of sp³-hybridized carbons (Fsp3) is 0.556.